The number of nitrogens with one attached hydrogen (secondary N) is 1. The molecule has 0 spiro atoms. The van der Waals surface area contributed by atoms with Gasteiger partial charge in [-0.2, -0.15) is 0 Å². The number of fused-ring (bicyclic) bond motifs is 4. The van der Waals surface area contributed by atoms with Crippen LogP contribution < -0.4 is 19.7 Å². The quantitative estimate of drug-likeness (QED) is 0.375. The van der Waals surface area contributed by atoms with Crippen LogP contribution in [0.2, 0.25) is 5.02 Å². The fourth-order valence-corrected chi connectivity index (χ4v) is 6.89. The van der Waals surface area contributed by atoms with Crippen molar-refractivity contribution in [2.24, 2.45) is 0 Å². The first-order valence-corrected chi connectivity index (χ1v) is 15.7. The number of piperazine rings is 1. The third kappa shape index (κ3) is 5.91. The molecule has 0 aromatic heterocycles. The van der Waals surface area contributed by atoms with E-state index in [1.54, 1.807) is 0 Å². The summed E-state index contributed by atoms with van der Waals surface area (Å²) in [7, 11) is 0. The lowest BCUT2D eigenvalue weighted by atomic mass is 9.75. The summed E-state index contributed by atoms with van der Waals surface area (Å²) in [6, 6.07) is 19.1. The Morgan fingerprint density at radius 1 is 0.907 bits per heavy atom. The molecule has 0 aliphatic carbocycles. The number of benzene rings is 3. The van der Waals surface area contributed by atoms with Crippen LogP contribution in [0.25, 0.3) is 0 Å². The van der Waals surface area contributed by atoms with Crippen LogP contribution in [0.3, 0.4) is 0 Å². The van der Waals surface area contributed by atoms with Crippen molar-refractivity contribution in [2.75, 3.05) is 63.9 Å². The molecule has 43 heavy (non-hydrogen) atoms. The molecule has 0 bridgehead atoms. The third-order valence-corrected chi connectivity index (χ3v) is 8.98. The zero-order valence-corrected chi connectivity index (χ0v) is 25.6. The number of carbonyl (C=O) groups is 2. The molecule has 3 heterocycles. The Morgan fingerprint density at radius 2 is 1.65 bits per heavy atom. The lowest BCUT2D eigenvalue weighted by molar-refractivity contribution is -0.124. The van der Waals surface area contributed by atoms with Crippen LogP contribution in [0.4, 0.5) is 5.69 Å². The number of rotatable bonds is 9. The van der Waals surface area contributed by atoms with Gasteiger partial charge in [-0.3, -0.25) is 14.5 Å². The summed E-state index contributed by atoms with van der Waals surface area (Å²) in [6.07, 6.45) is 0.696. The van der Waals surface area contributed by atoms with Gasteiger partial charge >= 0.3 is 0 Å². The molecule has 3 aliphatic heterocycles. The van der Waals surface area contributed by atoms with Gasteiger partial charge < -0.3 is 24.6 Å². The topological polar surface area (TPSA) is 74.4 Å². The normalized spacial score (nSPS) is 19.7. The maximum Gasteiger partial charge on any atom is 0.254 e. The second-order valence-electron chi connectivity index (χ2n) is 11.2. The lowest BCUT2D eigenvalue weighted by Crippen LogP contribution is -2.51. The molecule has 0 saturated carbocycles. The van der Waals surface area contributed by atoms with Gasteiger partial charge in [0.1, 0.15) is 0 Å². The van der Waals surface area contributed by atoms with Crippen molar-refractivity contribution < 1.29 is 19.1 Å². The summed E-state index contributed by atoms with van der Waals surface area (Å²) in [6.45, 7) is 10.4. The van der Waals surface area contributed by atoms with E-state index in [0.29, 0.717) is 49.8 Å². The first-order valence-electron chi connectivity index (χ1n) is 15.3. The molecular weight excluding hydrogens is 564 g/mol. The third-order valence-electron chi connectivity index (χ3n) is 8.74. The second-order valence-corrected chi connectivity index (χ2v) is 11.7. The summed E-state index contributed by atoms with van der Waals surface area (Å²) < 4.78 is 11.8. The number of anilines is 1. The Hall–Kier alpha value is -3.75. The minimum atomic E-state index is -0.528. The maximum atomic E-state index is 14.1. The van der Waals surface area contributed by atoms with Gasteiger partial charge in [-0.05, 0) is 73.4 Å². The molecule has 9 heteroatoms. The molecule has 6 rings (SSSR count). The minimum Gasteiger partial charge on any atom is -0.490 e. The van der Waals surface area contributed by atoms with Gasteiger partial charge in [0, 0.05) is 62.1 Å². The number of carbonyl (C=O) groups excluding carboxylic acids is 2. The number of ether oxygens (including phenoxy) is 2. The molecule has 2 amide bonds. The maximum absolute atomic E-state index is 14.1. The van der Waals surface area contributed by atoms with Crippen LogP contribution >= 0.6 is 11.6 Å². The van der Waals surface area contributed by atoms with E-state index in [1.807, 2.05) is 73.3 Å². The SMILES string of the molecule is CCOc1cc2c(cc1OCC)[C@@H]1[C@H](C(=O)NCCN3CCN(c4cccc(Cl)c4)CC3)c3ccccc3C(=O)N1CC2. The van der Waals surface area contributed by atoms with Gasteiger partial charge in [-0.1, -0.05) is 35.9 Å². The molecule has 1 fully saturated rings. The number of hydrogen-bond donors (Lipinski definition) is 1. The zero-order valence-electron chi connectivity index (χ0n) is 24.9. The van der Waals surface area contributed by atoms with E-state index in [0.717, 1.165) is 60.1 Å². The molecular formula is C34H39ClN4O4. The molecule has 3 aromatic rings. The van der Waals surface area contributed by atoms with Gasteiger partial charge in [0.15, 0.2) is 11.5 Å². The summed E-state index contributed by atoms with van der Waals surface area (Å²) in [5.41, 5.74) is 4.58. The highest BCUT2D eigenvalue weighted by Gasteiger charge is 2.46. The Balaban J connectivity index is 1.20. The smallest absolute Gasteiger partial charge is 0.254 e. The Morgan fingerprint density at radius 3 is 2.40 bits per heavy atom. The summed E-state index contributed by atoms with van der Waals surface area (Å²) in [5.74, 6) is 0.731. The van der Waals surface area contributed by atoms with E-state index in [4.69, 9.17) is 21.1 Å². The van der Waals surface area contributed by atoms with Gasteiger partial charge in [-0.15, -0.1) is 0 Å². The Kier molecular flexibility index (Phi) is 8.77. The van der Waals surface area contributed by atoms with Crippen molar-refractivity contribution in [1.29, 1.82) is 0 Å². The highest BCUT2D eigenvalue weighted by atomic mass is 35.5. The molecule has 2 atom stereocenters. The standard InChI is InChI=1S/C34H39ClN4O4/c1-3-42-29-20-23-12-14-39-32(28(23)22-30(29)43-4-2)31(26-10-5-6-11-27(26)34(39)41)33(40)36-13-15-37-16-18-38(19-17-37)25-9-7-8-24(35)21-25/h5-11,20-22,31-32H,3-4,12-19H2,1-2H3,(H,36,40)/t31-,32-/m1/s1. The average molecular weight is 603 g/mol. The number of halogens is 1. The van der Waals surface area contributed by atoms with Gasteiger partial charge in [-0.25, -0.2) is 0 Å². The predicted octanol–water partition coefficient (Wildman–Crippen LogP) is 4.91. The van der Waals surface area contributed by atoms with Crippen molar-refractivity contribution in [3.8, 4) is 11.5 Å². The largest absolute Gasteiger partial charge is 0.490 e. The Bertz CT molecular complexity index is 1490. The first kappa shape index (κ1) is 29.3. The van der Waals surface area contributed by atoms with Crippen LogP contribution in [0.5, 0.6) is 11.5 Å². The number of amides is 2. The molecule has 1 N–H and O–H groups in total. The Labute approximate surface area is 258 Å². The first-order chi connectivity index (χ1) is 21.0. The van der Waals surface area contributed by atoms with Crippen molar-refractivity contribution in [3.05, 3.63) is 87.9 Å². The summed E-state index contributed by atoms with van der Waals surface area (Å²) >= 11 is 6.20. The molecule has 3 aliphatic rings. The molecule has 1 saturated heterocycles. The van der Waals surface area contributed by atoms with E-state index in [2.05, 4.69) is 21.2 Å². The van der Waals surface area contributed by atoms with Gasteiger partial charge in [0.05, 0.1) is 25.2 Å². The lowest BCUT2D eigenvalue weighted by Gasteiger charge is -2.45. The fraction of sp³-hybridized carbons (Fsp3) is 0.412. The van der Waals surface area contributed by atoms with Crippen LogP contribution in [0.15, 0.2) is 60.7 Å². The molecule has 226 valence electrons. The monoisotopic (exact) mass is 602 g/mol. The summed E-state index contributed by atoms with van der Waals surface area (Å²) in [4.78, 5) is 34.4. The number of nitrogens with zero attached hydrogens (tertiary/aromatic N) is 3. The van der Waals surface area contributed by atoms with Crippen LogP contribution in [0.1, 0.15) is 52.9 Å². The minimum absolute atomic E-state index is 0.0280. The van der Waals surface area contributed by atoms with Crippen molar-refractivity contribution >= 4 is 29.1 Å². The molecule has 8 nitrogen and oxygen atoms in total. The summed E-state index contributed by atoms with van der Waals surface area (Å²) in [5, 5.41) is 3.98. The van der Waals surface area contributed by atoms with E-state index in [-0.39, 0.29) is 11.8 Å². The molecule has 0 unspecified atom stereocenters. The second kappa shape index (κ2) is 12.9. The highest BCUT2D eigenvalue weighted by molar-refractivity contribution is 6.30. The highest BCUT2D eigenvalue weighted by Crippen LogP contribution is 2.48. The van der Waals surface area contributed by atoms with E-state index in [1.165, 1.54) is 0 Å². The van der Waals surface area contributed by atoms with Crippen LogP contribution in [-0.4, -0.2) is 80.6 Å². The number of hydrogen-bond acceptors (Lipinski definition) is 6. The van der Waals surface area contributed by atoms with Crippen molar-refractivity contribution in [2.45, 2.75) is 32.2 Å². The fourth-order valence-electron chi connectivity index (χ4n) is 6.70. The van der Waals surface area contributed by atoms with E-state index in [9.17, 15) is 9.59 Å². The van der Waals surface area contributed by atoms with Crippen LogP contribution in [0, 0.1) is 0 Å². The zero-order chi connectivity index (χ0) is 29.9. The van der Waals surface area contributed by atoms with Gasteiger partial charge in [0.25, 0.3) is 5.91 Å². The molecule has 3 aromatic carbocycles. The van der Waals surface area contributed by atoms with Gasteiger partial charge in [0.2, 0.25) is 5.91 Å². The average Bonchev–Trinajstić information content (AvgIpc) is 3.02. The molecule has 0 radical (unpaired) electrons. The van der Waals surface area contributed by atoms with Crippen LogP contribution in [-0.2, 0) is 11.2 Å². The van der Waals surface area contributed by atoms with Crippen molar-refractivity contribution in [3.63, 3.8) is 0 Å². The van der Waals surface area contributed by atoms with Crippen molar-refractivity contribution in [1.82, 2.24) is 15.1 Å². The van der Waals surface area contributed by atoms with E-state index < -0.39 is 12.0 Å². The predicted molar refractivity (Wildman–Crippen MR) is 169 cm³/mol. The van der Waals surface area contributed by atoms with E-state index >= 15 is 0 Å².